The first-order valence-electron chi connectivity index (χ1n) is 5.39. The fourth-order valence-corrected chi connectivity index (χ4v) is 2.73. The van der Waals surface area contributed by atoms with Crippen molar-refractivity contribution < 1.29 is 5.11 Å². The number of hydrogen-bond acceptors (Lipinski definition) is 5. The molecular formula is C11H9ClN4OS. The number of nitrogens with zero attached hydrogens (tertiary/aromatic N) is 4. The molecule has 0 radical (unpaired) electrons. The fourth-order valence-electron chi connectivity index (χ4n) is 1.67. The van der Waals surface area contributed by atoms with Crippen LogP contribution in [0.25, 0.3) is 15.5 Å². The number of phenolic OH excluding ortho intramolecular Hbond substituents is 1. The van der Waals surface area contributed by atoms with E-state index in [0.29, 0.717) is 15.6 Å². The maximum absolute atomic E-state index is 9.87. The van der Waals surface area contributed by atoms with Crippen LogP contribution >= 0.6 is 22.9 Å². The zero-order valence-electron chi connectivity index (χ0n) is 9.46. The molecule has 3 aromatic rings. The van der Waals surface area contributed by atoms with Gasteiger partial charge in [0.15, 0.2) is 10.8 Å². The number of phenols is 1. The third-order valence-corrected chi connectivity index (χ3v) is 3.73. The van der Waals surface area contributed by atoms with Crippen molar-refractivity contribution in [2.45, 2.75) is 13.3 Å². The highest BCUT2D eigenvalue weighted by Gasteiger charge is 2.14. The molecule has 3 rings (SSSR count). The molecule has 0 aliphatic carbocycles. The summed E-state index contributed by atoms with van der Waals surface area (Å²) >= 11 is 7.19. The molecule has 92 valence electrons. The Kier molecular flexibility index (Phi) is 2.68. The van der Waals surface area contributed by atoms with Crippen LogP contribution in [0.1, 0.15) is 12.7 Å². The molecule has 0 bridgehead atoms. The largest absolute Gasteiger partial charge is 0.507 e. The number of aromatic nitrogens is 4. The predicted molar refractivity (Wildman–Crippen MR) is 70.1 cm³/mol. The average Bonchev–Trinajstić information content (AvgIpc) is 2.88. The van der Waals surface area contributed by atoms with Gasteiger partial charge in [-0.15, -0.1) is 10.2 Å². The summed E-state index contributed by atoms with van der Waals surface area (Å²) < 4.78 is 1.70. The Bertz CT molecular complexity index is 721. The van der Waals surface area contributed by atoms with Crippen LogP contribution in [0.3, 0.4) is 0 Å². The van der Waals surface area contributed by atoms with E-state index in [1.807, 2.05) is 6.92 Å². The Hall–Kier alpha value is -1.66. The van der Waals surface area contributed by atoms with E-state index in [9.17, 15) is 5.11 Å². The first-order valence-corrected chi connectivity index (χ1v) is 6.58. The van der Waals surface area contributed by atoms with Gasteiger partial charge in [-0.3, -0.25) is 0 Å². The van der Waals surface area contributed by atoms with Crippen LogP contribution in [0.15, 0.2) is 18.2 Å². The van der Waals surface area contributed by atoms with Gasteiger partial charge in [-0.1, -0.05) is 29.9 Å². The highest BCUT2D eigenvalue weighted by atomic mass is 35.5. The lowest BCUT2D eigenvalue weighted by Crippen LogP contribution is -1.93. The minimum absolute atomic E-state index is 0.116. The standard InChI is InChI=1S/C11H9ClN4OS/c1-2-9-13-14-11-16(9)15-10(18-11)7-4-3-6(12)5-8(7)17/h3-5,17H,2H2,1H3. The number of fused-ring (bicyclic) bond motifs is 1. The van der Waals surface area contributed by atoms with E-state index in [1.54, 1.807) is 16.6 Å². The third-order valence-electron chi connectivity index (χ3n) is 2.56. The highest BCUT2D eigenvalue weighted by molar-refractivity contribution is 7.19. The lowest BCUT2D eigenvalue weighted by atomic mass is 10.2. The summed E-state index contributed by atoms with van der Waals surface area (Å²) in [5.41, 5.74) is 0.650. The molecular weight excluding hydrogens is 272 g/mol. The monoisotopic (exact) mass is 280 g/mol. The summed E-state index contributed by atoms with van der Waals surface area (Å²) in [7, 11) is 0. The van der Waals surface area contributed by atoms with Crippen LogP contribution in [0.5, 0.6) is 5.75 Å². The lowest BCUT2D eigenvalue weighted by Gasteiger charge is -2.00. The second-order valence-corrected chi connectivity index (χ2v) is 5.13. The zero-order valence-corrected chi connectivity index (χ0v) is 11.0. The van der Waals surface area contributed by atoms with Crippen molar-refractivity contribution in [3.05, 3.63) is 29.0 Å². The molecule has 2 aromatic heterocycles. The third kappa shape index (κ3) is 1.74. The van der Waals surface area contributed by atoms with Gasteiger partial charge < -0.3 is 5.11 Å². The molecule has 0 fully saturated rings. The van der Waals surface area contributed by atoms with Gasteiger partial charge in [0.05, 0.1) is 5.56 Å². The molecule has 0 aliphatic rings. The van der Waals surface area contributed by atoms with Gasteiger partial charge >= 0.3 is 0 Å². The van der Waals surface area contributed by atoms with Crippen LogP contribution in [0, 0.1) is 0 Å². The first kappa shape index (κ1) is 11.4. The molecule has 0 saturated carbocycles. The zero-order chi connectivity index (χ0) is 12.7. The SMILES string of the molecule is CCc1nnc2sc(-c3ccc(Cl)cc3O)nn12. The molecule has 0 amide bonds. The predicted octanol–water partition coefficient (Wildman–Crippen LogP) is 2.77. The molecule has 0 atom stereocenters. The Morgan fingerprint density at radius 2 is 2.22 bits per heavy atom. The quantitative estimate of drug-likeness (QED) is 0.784. The average molecular weight is 281 g/mol. The molecule has 0 spiro atoms. The van der Waals surface area contributed by atoms with Gasteiger partial charge in [-0.25, -0.2) is 0 Å². The van der Waals surface area contributed by atoms with Gasteiger partial charge in [0, 0.05) is 11.4 Å². The summed E-state index contributed by atoms with van der Waals surface area (Å²) in [6.07, 6.45) is 0.761. The molecule has 18 heavy (non-hydrogen) atoms. The van der Waals surface area contributed by atoms with E-state index in [2.05, 4.69) is 15.3 Å². The minimum atomic E-state index is 0.116. The van der Waals surface area contributed by atoms with E-state index in [-0.39, 0.29) is 5.75 Å². The van der Waals surface area contributed by atoms with E-state index >= 15 is 0 Å². The van der Waals surface area contributed by atoms with Crippen molar-refractivity contribution in [3.8, 4) is 16.3 Å². The molecule has 5 nitrogen and oxygen atoms in total. The first-order chi connectivity index (χ1) is 8.69. The number of rotatable bonds is 2. The maximum Gasteiger partial charge on any atom is 0.234 e. The van der Waals surface area contributed by atoms with E-state index in [1.165, 1.54) is 17.4 Å². The summed E-state index contributed by atoms with van der Waals surface area (Å²) in [4.78, 5) is 0.719. The molecule has 7 heteroatoms. The van der Waals surface area contributed by atoms with E-state index in [4.69, 9.17) is 11.6 Å². The fraction of sp³-hybridized carbons (Fsp3) is 0.182. The van der Waals surface area contributed by atoms with Crippen molar-refractivity contribution in [1.29, 1.82) is 0 Å². The minimum Gasteiger partial charge on any atom is -0.507 e. The topological polar surface area (TPSA) is 63.3 Å². The Balaban J connectivity index is 2.16. The smallest absolute Gasteiger partial charge is 0.234 e. The van der Waals surface area contributed by atoms with Gasteiger partial charge in [0.25, 0.3) is 0 Å². The maximum atomic E-state index is 9.87. The van der Waals surface area contributed by atoms with Crippen LogP contribution in [0.2, 0.25) is 5.02 Å². The van der Waals surface area contributed by atoms with Crippen LogP contribution in [-0.2, 0) is 6.42 Å². The summed E-state index contributed by atoms with van der Waals surface area (Å²) in [6, 6.07) is 4.97. The van der Waals surface area contributed by atoms with E-state index < -0.39 is 0 Å². The van der Waals surface area contributed by atoms with Gasteiger partial charge in [-0.05, 0) is 18.2 Å². The van der Waals surface area contributed by atoms with Gasteiger partial charge in [-0.2, -0.15) is 9.61 Å². The van der Waals surface area contributed by atoms with Crippen LogP contribution in [0.4, 0.5) is 0 Å². The Labute approximate surface area is 112 Å². The van der Waals surface area contributed by atoms with Crippen molar-refractivity contribution in [2.75, 3.05) is 0 Å². The summed E-state index contributed by atoms with van der Waals surface area (Å²) in [5, 5.41) is 23.5. The lowest BCUT2D eigenvalue weighted by molar-refractivity contribution is 0.477. The number of aromatic hydroxyl groups is 1. The number of hydrogen-bond donors (Lipinski definition) is 1. The Morgan fingerprint density at radius 1 is 1.39 bits per heavy atom. The Morgan fingerprint density at radius 3 is 2.94 bits per heavy atom. The summed E-state index contributed by atoms with van der Waals surface area (Å²) in [5.74, 6) is 0.923. The second-order valence-electron chi connectivity index (χ2n) is 3.73. The van der Waals surface area contributed by atoms with Crippen LogP contribution < -0.4 is 0 Å². The number of halogens is 1. The highest BCUT2D eigenvalue weighted by Crippen LogP contribution is 2.34. The molecule has 1 N–H and O–H groups in total. The normalized spacial score (nSPS) is 11.2. The van der Waals surface area contributed by atoms with Crippen molar-refractivity contribution in [2.24, 2.45) is 0 Å². The summed E-state index contributed by atoms with van der Waals surface area (Å²) in [6.45, 7) is 2.00. The van der Waals surface area contributed by atoms with Crippen LogP contribution in [-0.4, -0.2) is 24.9 Å². The molecule has 2 heterocycles. The second kappa shape index (κ2) is 4.22. The number of aryl methyl sites for hydroxylation is 1. The van der Waals surface area contributed by atoms with E-state index in [0.717, 1.165) is 17.2 Å². The molecule has 0 saturated heterocycles. The van der Waals surface area contributed by atoms with Gasteiger partial charge in [0.1, 0.15) is 5.75 Å². The van der Waals surface area contributed by atoms with Crippen molar-refractivity contribution in [1.82, 2.24) is 19.8 Å². The molecule has 0 aliphatic heterocycles. The van der Waals surface area contributed by atoms with Crippen molar-refractivity contribution in [3.63, 3.8) is 0 Å². The molecule has 0 unspecified atom stereocenters. The van der Waals surface area contributed by atoms with Crippen molar-refractivity contribution >= 4 is 27.9 Å². The molecule has 1 aromatic carbocycles. The van der Waals surface area contributed by atoms with Gasteiger partial charge in [0.2, 0.25) is 4.96 Å². The number of benzene rings is 1.